The first-order chi connectivity index (χ1) is 14.8. The van der Waals surface area contributed by atoms with Gasteiger partial charge in [-0.1, -0.05) is 6.07 Å². The van der Waals surface area contributed by atoms with Gasteiger partial charge >= 0.3 is 0 Å². The molecule has 4 N–H and O–H groups in total. The second-order valence-corrected chi connectivity index (χ2v) is 7.32. The lowest BCUT2D eigenvalue weighted by Gasteiger charge is -2.30. The molecule has 0 radical (unpaired) electrons. The molecule has 1 atom stereocenters. The van der Waals surface area contributed by atoms with E-state index in [0.29, 0.717) is 43.4 Å². The quantitative estimate of drug-likeness (QED) is 0.479. The topological polar surface area (TPSA) is 166 Å². The first kappa shape index (κ1) is 20.5. The van der Waals surface area contributed by atoms with E-state index < -0.39 is 16.7 Å². The highest BCUT2D eigenvalue weighted by Crippen LogP contribution is 2.37. The molecular weight excluding hydrogens is 406 g/mol. The fourth-order valence-corrected chi connectivity index (χ4v) is 3.59. The summed E-state index contributed by atoms with van der Waals surface area (Å²) in [6.07, 6.45) is -0.142. The highest BCUT2D eigenvalue weighted by Gasteiger charge is 2.35. The van der Waals surface area contributed by atoms with E-state index in [9.17, 15) is 19.7 Å². The van der Waals surface area contributed by atoms with Gasteiger partial charge in [0.2, 0.25) is 17.8 Å². The van der Waals surface area contributed by atoms with Crippen LogP contribution in [0.2, 0.25) is 0 Å². The number of amides is 2. The Morgan fingerprint density at radius 3 is 2.81 bits per heavy atom. The van der Waals surface area contributed by atoms with Crippen molar-refractivity contribution in [3.05, 3.63) is 39.4 Å². The number of ether oxygens (including phenoxy) is 1. The Morgan fingerprint density at radius 1 is 1.35 bits per heavy atom. The predicted octanol–water partition coefficient (Wildman–Crippen LogP) is 1.18. The zero-order chi connectivity index (χ0) is 22.1. The second kappa shape index (κ2) is 8.14. The molecule has 31 heavy (non-hydrogen) atoms. The minimum absolute atomic E-state index is 0.0995. The number of nitrogen functional groups attached to an aromatic ring is 1. The van der Waals surface area contributed by atoms with Crippen LogP contribution in [0.1, 0.15) is 23.5 Å². The van der Waals surface area contributed by atoms with E-state index in [-0.39, 0.29) is 35.3 Å². The van der Waals surface area contributed by atoms with Gasteiger partial charge in [-0.15, -0.1) is 0 Å². The number of hydrogen-bond acceptors (Lipinski definition) is 9. The minimum atomic E-state index is -0.929. The number of fused-ring (bicyclic) bond motifs is 1. The highest BCUT2D eigenvalue weighted by atomic mass is 16.6. The van der Waals surface area contributed by atoms with Crippen LogP contribution in [0, 0.1) is 17.0 Å². The molecule has 3 heterocycles. The monoisotopic (exact) mass is 427 g/mol. The van der Waals surface area contributed by atoms with E-state index in [1.54, 1.807) is 13.0 Å². The van der Waals surface area contributed by atoms with Crippen molar-refractivity contribution in [2.24, 2.45) is 0 Å². The summed E-state index contributed by atoms with van der Waals surface area (Å²) in [5.74, 6) is -1.18. The summed E-state index contributed by atoms with van der Waals surface area (Å²) in [6.45, 7) is 3.94. The van der Waals surface area contributed by atoms with Gasteiger partial charge in [0.25, 0.3) is 5.69 Å². The third kappa shape index (κ3) is 4.10. The number of benzene rings is 1. The first-order valence-electron chi connectivity index (χ1n) is 9.69. The van der Waals surface area contributed by atoms with Crippen LogP contribution in [-0.2, 0) is 14.3 Å². The molecule has 1 aromatic heterocycles. The Morgan fingerprint density at radius 2 is 2.10 bits per heavy atom. The molecule has 0 saturated carbocycles. The number of nitrogens with two attached hydrogens (primary N) is 1. The molecule has 0 spiro atoms. The molecule has 4 rings (SSSR count). The van der Waals surface area contributed by atoms with Gasteiger partial charge in [-0.25, -0.2) is 0 Å². The number of nitrogens with one attached hydrogen (secondary N) is 2. The zero-order valence-corrected chi connectivity index (χ0v) is 16.8. The van der Waals surface area contributed by atoms with Gasteiger partial charge in [0.1, 0.15) is 11.6 Å². The average Bonchev–Trinajstić information content (AvgIpc) is 2.74. The van der Waals surface area contributed by atoms with Crippen LogP contribution >= 0.6 is 0 Å². The molecule has 1 saturated heterocycles. The molecule has 162 valence electrons. The lowest BCUT2D eigenvalue weighted by molar-refractivity contribution is -0.384. The van der Waals surface area contributed by atoms with Gasteiger partial charge in [0, 0.05) is 31.6 Å². The van der Waals surface area contributed by atoms with E-state index in [0.717, 1.165) is 0 Å². The number of morpholine rings is 1. The maximum absolute atomic E-state index is 13.0. The Bertz CT molecular complexity index is 1070. The SMILES string of the molecule is Cc1ccc([N+](=O)[O-])cc1NC(=O)[C@@H]1CC(=O)Nc2nc(N3CCOCC3)nc(N)c21. The normalized spacial score (nSPS) is 18.2. The number of carbonyl (C=O) groups excluding carboxylic acids is 2. The summed E-state index contributed by atoms with van der Waals surface area (Å²) in [6, 6.07) is 4.17. The Balaban J connectivity index is 1.65. The number of non-ortho nitro benzene ring substituents is 1. The highest BCUT2D eigenvalue weighted by molar-refractivity contribution is 6.06. The molecule has 0 bridgehead atoms. The van der Waals surface area contributed by atoms with Crippen LogP contribution in [0.5, 0.6) is 0 Å². The van der Waals surface area contributed by atoms with Gasteiger partial charge in [-0.2, -0.15) is 9.97 Å². The van der Waals surface area contributed by atoms with Crippen molar-refractivity contribution in [3.8, 4) is 0 Å². The van der Waals surface area contributed by atoms with Crippen molar-refractivity contribution in [2.75, 3.05) is 47.6 Å². The summed E-state index contributed by atoms with van der Waals surface area (Å²) < 4.78 is 5.33. The number of aromatic nitrogens is 2. The number of nitro benzene ring substituents is 1. The minimum Gasteiger partial charge on any atom is -0.383 e. The van der Waals surface area contributed by atoms with Crippen LogP contribution in [0.25, 0.3) is 0 Å². The van der Waals surface area contributed by atoms with Gasteiger partial charge in [-0.3, -0.25) is 19.7 Å². The number of rotatable bonds is 4. The zero-order valence-electron chi connectivity index (χ0n) is 16.8. The van der Waals surface area contributed by atoms with Crippen molar-refractivity contribution < 1.29 is 19.2 Å². The smallest absolute Gasteiger partial charge is 0.271 e. The molecule has 12 heteroatoms. The number of hydrogen-bond donors (Lipinski definition) is 3. The summed E-state index contributed by atoms with van der Waals surface area (Å²) >= 11 is 0. The lowest BCUT2D eigenvalue weighted by atomic mass is 9.91. The van der Waals surface area contributed by atoms with Crippen molar-refractivity contribution in [2.45, 2.75) is 19.3 Å². The van der Waals surface area contributed by atoms with Gasteiger partial charge in [-0.05, 0) is 12.5 Å². The van der Waals surface area contributed by atoms with E-state index in [2.05, 4.69) is 20.6 Å². The second-order valence-electron chi connectivity index (χ2n) is 7.32. The van der Waals surface area contributed by atoms with Gasteiger partial charge < -0.3 is 26.0 Å². The van der Waals surface area contributed by atoms with Crippen LogP contribution in [0.4, 0.5) is 29.0 Å². The molecule has 0 unspecified atom stereocenters. The molecule has 2 aromatic rings. The first-order valence-corrected chi connectivity index (χ1v) is 9.69. The number of aryl methyl sites for hydroxylation is 1. The number of anilines is 4. The number of carbonyl (C=O) groups is 2. The van der Waals surface area contributed by atoms with Crippen molar-refractivity contribution in [1.29, 1.82) is 0 Å². The van der Waals surface area contributed by atoms with Crippen LogP contribution in [0.3, 0.4) is 0 Å². The Kier molecular flexibility index (Phi) is 5.38. The van der Waals surface area contributed by atoms with Gasteiger partial charge in [0.15, 0.2) is 0 Å². The molecule has 0 aliphatic carbocycles. The summed E-state index contributed by atoms with van der Waals surface area (Å²) in [5.41, 5.74) is 7.29. The fourth-order valence-electron chi connectivity index (χ4n) is 3.59. The maximum Gasteiger partial charge on any atom is 0.271 e. The van der Waals surface area contributed by atoms with Crippen molar-refractivity contribution in [3.63, 3.8) is 0 Å². The molecule has 2 aliphatic heterocycles. The summed E-state index contributed by atoms with van der Waals surface area (Å²) in [4.78, 5) is 46.5. The summed E-state index contributed by atoms with van der Waals surface area (Å²) in [5, 5.41) is 16.4. The number of nitro groups is 1. The van der Waals surface area contributed by atoms with Crippen LogP contribution in [0.15, 0.2) is 18.2 Å². The third-order valence-corrected chi connectivity index (χ3v) is 5.26. The summed E-state index contributed by atoms with van der Waals surface area (Å²) in [7, 11) is 0. The number of nitrogens with zero attached hydrogens (tertiary/aromatic N) is 4. The van der Waals surface area contributed by atoms with E-state index in [1.165, 1.54) is 12.1 Å². The lowest BCUT2D eigenvalue weighted by Crippen LogP contribution is -2.38. The predicted molar refractivity (Wildman–Crippen MR) is 112 cm³/mol. The van der Waals surface area contributed by atoms with Crippen molar-refractivity contribution in [1.82, 2.24) is 9.97 Å². The average molecular weight is 427 g/mol. The molecule has 2 aliphatic rings. The molecule has 2 amide bonds. The van der Waals surface area contributed by atoms with Gasteiger partial charge in [0.05, 0.1) is 35.3 Å². The Hall–Kier alpha value is -3.80. The standard InChI is InChI=1S/C19H21N7O5/c1-10-2-3-11(26(29)30)8-13(10)21-18(28)12-9-14(27)22-17-15(12)16(20)23-19(24-17)25-4-6-31-7-5-25/h2-3,8,12H,4-7,9H2,1H3,(H,21,28)(H3,20,22,23,24,27)/t12-/m1/s1. The molecule has 1 aromatic carbocycles. The van der Waals surface area contributed by atoms with Crippen molar-refractivity contribution >= 4 is 40.8 Å². The van der Waals surface area contributed by atoms with Crippen LogP contribution < -0.4 is 21.3 Å². The van der Waals surface area contributed by atoms with E-state index >= 15 is 0 Å². The third-order valence-electron chi connectivity index (χ3n) is 5.26. The molecule has 1 fully saturated rings. The van der Waals surface area contributed by atoms with E-state index in [1.807, 2.05) is 4.90 Å². The molecular formula is C19H21N7O5. The van der Waals surface area contributed by atoms with Crippen LogP contribution in [-0.4, -0.2) is 53.0 Å². The van der Waals surface area contributed by atoms with E-state index in [4.69, 9.17) is 10.5 Å². The Labute approximate surface area is 176 Å². The largest absolute Gasteiger partial charge is 0.383 e. The molecule has 12 nitrogen and oxygen atoms in total. The maximum atomic E-state index is 13.0. The fraction of sp³-hybridized carbons (Fsp3) is 0.368.